The summed E-state index contributed by atoms with van der Waals surface area (Å²) in [6, 6.07) is 4.83. The van der Waals surface area contributed by atoms with E-state index in [-0.39, 0.29) is 6.04 Å². The van der Waals surface area contributed by atoms with Crippen LogP contribution < -0.4 is 20.1 Å². The van der Waals surface area contributed by atoms with Crippen LogP contribution in [0.15, 0.2) is 30.9 Å². The molecule has 0 spiro atoms. The summed E-state index contributed by atoms with van der Waals surface area (Å²) in [5.74, 6) is -0.570. The first-order chi connectivity index (χ1) is 13.5. The Labute approximate surface area is 164 Å². The molecular weight excluding hydrogens is 364 g/mol. The smallest absolute Gasteiger partial charge is 0.344 e. The summed E-state index contributed by atoms with van der Waals surface area (Å²) in [5.41, 5.74) is 0.995. The van der Waals surface area contributed by atoms with Crippen molar-refractivity contribution >= 4 is 17.9 Å². The average Bonchev–Trinajstić information content (AvgIpc) is 3.18. The van der Waals surface area contributed by atoms with Crippen LogP contribution in [0.2, 0.25) is 0 Å². The van der Waals surface area contributed by atoms with Crippen LogP contribution in [0.25, 0.3) is 0 Å². The van der Waals surface area contributed by atoms with Crippen LogP contribution in [0.3, 0.4) is 0 Å². The molecule has 1 saturated carbocycles. The molecule has 0 aliphatic heterocycles. The Balaban J connectivity index is 1.71. The number of allylic oxidation sites excluding steroid dienone is 1. The lowest BCUT2D eigenvalue weighted by molar-refractivity contribution is -0.150. The molecule has 1 aliphatic carbocycles. The van der Waals surface area contributed by atoms with E-state index in [9.17, 15) is 14.4 Å². The minimum Gasteiger partial charge on any atom is -0.493 e. The quantitative estimate of drug-likeness (QED) is 0.495. The summed E-state index contributed by atoms with van der Waals surface area (Å²) < 4.78 is 15.5. The number of imide groups is 1. The Morgan fingerprint density at radius 3 is 2.61 bits per heavy atom. The fraction of sp³-hybridized carbons (Fsp3) is 0.450. The van der Waals surface area contributed by atoms with Crippen LogP contribution in [0.1, 0.15) is 31.2 Å². The SMILES string of the molecule is C=CCc1ccc(OCC(=O)OCC(=O)NC(=O)NC2CCCC2)c(OC)c1. The van der Waals surface area contributed by atoms with Crippen molar-refractivity contribution in [3.63, 3.8) is 0 Å². The zero-order valence-corrected chi connectivity index (χ0v) is 16.0. The summed E-state index contributed by atoms with van der Waals surface area (Å²) in [4.78, 5) is 35.1. The maximum atomic E-state index is 11.8. The molecule has 2 N–H and O–H groups in total. The lowest BCUT2D eigenvalue weighted by Crippen LogP contribution is -2.45. The van der Waals surface area contributed by atoms with Gasteiger partial charge in [-0.15, -0.1) is 6.58 Å². The number of benzene rings is 1. The van der Waals surface area contributed by atoms with Gasteiger partial charge in [-0.25, -0.2) is 9.59 Å². The van der Waals surface area contributed by atoms with Gasteiger partial charge >= 0.3 is 12.0 Å². The molecule has 1 fully saturated rings. The number of amides is 3. The normalized spacial score (nSPS) is 13.5. The van der Waals surface area contributed by atoms with Gasteiger partial charge in [-0.05, 0) is 37.0 Å². The van der Waals surface area contributed by atoms with Crippen LogP contribution in [0.5, 0.6) is 11.5 Å². The van der Waals surface area contributed by atoms with E-state index >= 15 is 0 Å². The third kappa shape index (κ3) is 6.94. The predicted molar refractivity (Wildman–Crippen MR) is 102 cm³/mol. The standard InChI is InChI=1S/C20H26N2O6/c1-3-6-14-9-10-16(17(11-14)26-2)27-13-19(24)28-12-18(23)22-20(25)21-15-7-4-5-8-15/h3,9-11,15H,1,4-8,12-13H2,2H3,(H2,21,22,23,25). The highest BCUT2D eigenvalue weighted by Crippen LogP contribution is 2.28. The first kappa shape index (κ1) is 21.3. The van der Waals surface area contributed by atoms with Crippen LogP contribution in [-0.4, -0.2) is 44.3 Å². The Hall–Kier alpha value is -3.03. The van der Waals surface area contributed by atoms with Crippen molar-refractivity contribution in [2.45, 2.75) is 38.1 Å². The van der Waals surface area contributed by atoms with Crippen LogP contribution in [-0.2, 0) is 20.7 Å². The second-order valence-corrected chi connectivity index (χ2v) is 6.43. The Morgan fingerprint density at radius 1 is 1.18 bits per heavy atom. The monoisotopic (exact) mass is 390 g/mol. The Kier molecular flexibility index (Phi) is 8.33. The zero-order chi connectivity index (χ0) is 20.4. The molecule has 0 aromatic heterocycles. The summed E-state index contributed by atoms with van der Waals surface area (Å²) in [5, 5.41) is 4.85. The number of methoxy groups -OCH3 is 1. The van der Waals surface area contributed by atoms with E-state index in [0.717, 1.165) is 31.2 Å². The molecule has 1 aromatic carbocycles. The molecule has 0 bridgehead atoms. The fourth-order valence-electron chi connectivity index (χ4n) is 2.90. The maximum Gasteiger partial charge on any atom is 0.344 e. The first-order valence-electron chi connectivity index (χ1n) is 9.18. The van der Waals surface area contributed by atoms with E-state index in [1.165, 1.54) is 7.11 Å². The van der Waals surface area contributed by atoms with E-state index < -0.39 is 31.1 Å². The van der Waals surface area contributed by atoms with Crippen molar-refractivity contribution in [1.29, 1.82) is 0 Å². The van der Waals surface area contributed by atoms with Gasteiger partial charge in [0, 0.05) is 6.04 Å². The molecular formula is C20H26N2O6. The third-order valence-corrected chi connectivity index (χ3v) is 4.26. The summed E-state index contributed by atoms with van der Waals surface area (Å²) in [6.07, 6.45) is 6.41. The Morgan fingerprint density at radius 2 is 1.93 bits per heavy atom. The van der Waals surface area contributed by atoms with Crippen molar-refractivity contribution in [3.8, 4) is 11.5 Å². The molecule has 0 heterocycles. The van der Waals surface area contributed by atoms with Crippen molar-refractivity contribution in [2.24, 2.45) is 0 Å². The van der Waals surface area contributed by atoms with Crippen LogP contribution >= 0.6 is 0 Å². The second-order valence-electron chi connectivity index (χ2n) is 6.43. The summed E-state index contributed by atoms with van der Waals surface area (Å²) in [6.45, 7) is 2.73. The molecule has 8 nitrogen and oxygen atoms in total. The van der Waals surface area contributed by atoms with Crippen molar-refractivity contribution in [1.82, 2.24) is 10.6 Å². The van der Waals surface area contributed by atoms with Gasteiger partial charge in [-0.2, -0.15) is 0 Å². The van der Waals surface area contributed by atoms with Crippen LogP contribution in [0, 0.1) is 0 Å². The maximum absolute atomic E-state index is 11.8. The topological polar surface area (TPSA) is 103 Å². The molecule has 0 radical (unpaired) electrons. The Bertz CT molecular complexity index is 713. The van der Waals surface area contributed by atoms with Gasteiger partial charge in [-0.3, -0.25) is 10.1 Å². The highest BCUT2D eigenvalue weighted by molar-refractivity contribution is 5.95. The molecule has 152 valence electrons. The van der Waals surface area contributed by atoms with Gasteiger partial charge in [0.15, 0.2) is 24.7 Å². The number of rotatable bonds is 9. The average molecular weight is 390 g/mol. The van der Waals surface area contributed by atoms with E-state index in [0.29, 0.717) is 17.9 Å². The zero-order valence-electron chi connectivity index (χ0n) is 16.0. The van der Waals surface area contributed by atoms with Gasteiger partial charge in [0.25, 0.3) is 5.91 Å². The third-order valence-electron chi connectivity index (χ3n) is 4.26. The number of hydrogen-bond donors (Lipinski definition) is 2. The fourth-order valence-corrected chi connectivity index (χ4v) is 2.90. The van der Waals surface area contributed by atoms with Crippen LogP contribution in [0.4, 0.5) is 4.79 Å². The molecule has 2 rings (SSSR count). The number of hydrogen-bond acceptors (Lipinski definition) is 6. The van der Waals surface area contributed by atoms with E-state index in [2.05, 4.69) is 17.2 Å². The molecule has 0 unspecified atom stereocenters. The molecule has 3 amide bonds. The second kappa shape index (κ2) is 11.0. The minimum atomic E-state index is -0.733. The largest absolute Gasteiger partial charge is 0.493 e. The minimum absolute atomic E-state index is 0.0941. The number of urea groups is 1. The predicted octanol–water partition coefficient (Wildman–Crippen LogP) is 2.11. The molecule has 0 atom stereocenters. The number of carbonyl (C=O) groups excluding carboxylic acids is 3. The van der Waals surface area contributed by atoms with Gasteiger partial charge in [0.2, 0.25) is 0 Å². The molecule has 1 aromatic rings. The van der Waals surface area contributed by atoms with Crippen molar-refractivity contribution in [3.05, 3.63) is 36.4 Å². The van der Waals surface area contributed by atoms with Gasteiger partial charge in [0.1, 0.15) is 0 Å². The van der Waals surface area contributed by atoms with Crippen molar-refractivity contribution in [2.75, 3.05) is 20.3 Å². The number of ether oxygens (including phenoxy) is 3. The molecule has 1 aliphatic rings. The summed E-state index contributed by atoms with van der Waals surface area (Å²) >= 11 is 0. The van der Waals surface area contributed by atoms with Gasteiger partial charge in [0.05, 0.1) is 7.11 Å². The highest BCUT2D eigenvalue weighted by Gasteiger charge is 2.18. The van der Waals surface area contributed by atoms with E-state index in [1.54, 1.807) is 18.2 Å². The van der Waals surface area contributed by atoms with E-state index in [1.807, 2.05) is 6.07 Å². The lowest BCUT2D eigenvalue weighted by Gasteiger charge is -2.13. The first-order valence-corrected chi connectivity index (χ1v) is 9.18. The summed E-state index contributed by atoms with van der Waals surface area (Å²) in [7, 11) is 1.50. The van der Waals surface area contributed by atoms with Crippen molar-refractivity contribution < 1.29 is 28.6 Å². The molecule has 8 heteroatoms. The number of carbonyl (C=O) groups is 3. The molecule has 0 saturated heterocycles. The number of nitrogens with one attached hydrogen (secondary N) is 2. The molecule has 28 heavy (non-hydrogen) atoms. The van der Waals surface area contributed by atoms with E-state index in [4.69, 9.17) is 14.2 Å². The van der Waals surface area contributed by atoms with Gasteiger partial charge < -0.3 is 19.5 Å². The number of esters is 1. The lowest BCUT2D eigenvalue weighted by atomic mass is 10.1. The van der Waals surface area contributed by atoms with Gasteiger partial charge in [-0.1, -0.05) is 25.0 Å². The highest BCUT2D eigenvalue weighted by atomic mass is 16.6.